The molecule has 3 fully saturated rings. The van der Waals surface area contributed by atoms with Gasteiger partial charge in [-0.25, -0.2) is 8.42 Å². The topological polar surface area (TPSA) is 52.7 Å². The van der Waals surface area contributed by atoms with Gasteiger partial charge in [0.25, 0.3) is 0 Å². The standard InChI is InChI=1S/C14H27N3O2S/c1-20(18,19)14-4-2-3-12(9-14)17-10-13(11-17)16-7-5-15-6-8-16/h12-15H,2-11H2,1H3. The Bertz CT molecular complexity index is 428. The Morgan fingerprint density at radius 1 is 1.00 bits per heavy atom. The smallest absolute Gasteiger partial charge is 0.150 e. The summed E-state index contributed by atoms with van der Waals surface area (Å²) in [5, 5.41) is 3.30. The molecule has 6 heteroatoms. The zero-order valence-corrected chi connectivity index (χ0v) is 13.2. The summed E-state index contributed by atoms with van der Waals surface area (Å²) in [5.74, 6) is 0. The second-order valence-corrected chi connectivity index (χ2v) is 8.99. The monoisotopic (exact) mass is 301 g/mol. The molecule has 116 valence electrons. The van der Waals surface area contributed by atoms with E-state index in [9.17, 15) is 8.42 Å². The minimum atomic E-state index is -2.86. The summed E-state index contributed by atoms with van der Waals surface area (Å²) in [7, 11) is -2.86. The van der Waals surface area contributed by atoms with Gasteiger partial charge in [0.05, 0.1) is 5.25 Å². The van der Waals surface area contributed by atoms with E-state index in [-0.39, 0.29) is 5.25 Å². The summed E-state index contributed by atoms with van der Waals surface area (Å²) in [6.07, 6.45) is 5.37. The minimum Gasteiger partial charge on any atom is -0.314 e. The Balaban J connectivity index is 1.49. The van der Waals surface area contributed by atoms with Gasteiger partial charge >= 0.3 is 0 Å². The van der Waals surface area contributed by atoms with Gasteiger partial charge in [0.2, 0.25) is 0 Å². The summed E-state index contributed by atoms with van der Waals surface area (Å²) >= 11 is 0. The van der Waals surface area contributed by atoms with Gasteiger partial charge in [0.15, 0.2) is 0 Å². The van der Waals surface area contributed by atoms with Crippen LogP contribution in [-0.2, 0) is 9.84 Å². The van der Waals surface area contributed by atoms with E-state index >= 15 is 0 Å². The molecule has 3 rings (SSSR count). The third-order valence-corrected chi connectivity index (χ3v) is 6.92. The largest absolute Gasteiger partial charge is 0.314 e. The Morgan fingerprint density at radius 2 is 1.70 bits per heavy atom. The van der Waals surface area contributed by atoms with Gasteiger partial charge in [-0.3, -0.25) is 9.80 Å². The zero-order valence-electron chi connectivity index (χ0n) is 12.4. The molecule has 2 atom stereocenters. The van der Waals surface area contributed by atoms with E-state index in [1.165, 1.54) is 12.7 Å². The Morgan fingerprint density at radius 3 is 2.35 bits per heavy atom. The normalized spacial score (nSPS) is 34.9. The van der Waals surface area contributed by atoms with E-state index in [4.69, 9.17) is 0 Å². The molecule has 0 aromatic carbocycles. The van der Waals surface area contributed by atoms with Crippen LogP contribution in [0, 0.1) is 0 Å². The van der Waals surface area contributed by atoms with Crippen LogP contribution in [0.2, 0.25) is 0 Å². The summed E-state index contributed by atoms with van der Waals surface area (Å²) < 4.78 is 23.5. The Labute approximate surface area is 122 Å². The highest BCUT2D eigenvalue weighted by Gasteiger charge is 2.39. The highest BCUT2D eigenvalue weighted by atomic mass is 32.2. The number of sulfone groups is 1. The third kappa shape index (κ3) is 3.18. The summed E-state index contributed by atoms with van der Waals surface area (Å²) in [6, 6.07) is 1.21. The number of likely N-dealkylation sites (tertiary alicyclic amines) is 1. The van der Waals surface area contributed by atoms with Gasteiger partial charge in [-0.1, -0.05) is 6.42 Å². The van der Waals surface area contributed by atoms with Crippen LogP contribution in [0.4, 0.5) is 0 Å². The van der Waals surface area contributed by atoms with Gasteiger partial charge in [-0.15, -0.1) is 0 Å². The maximum Gasteiger partial charge on any atom is 0.150 e. The lowest BCUT2D eigenvalue weighted by Gasteiger charge is -2.51. The average molecular weight is 301 g/mol. The molecule has 0 radical (unpaired) electrons. The van der Waals surface area contributed by atoms with Crippen LogP contribution in [0.25, 0.3) is 0 Å². The van der Waals surface area contributed by atoms with Crippen molar-refractivity contribution in [3.05, 3.63) is 0 Å². The lowest BCUT2D eigenvalue weighted by molar-refractivity contribution is -0.00958. The first-order valence-corrected chi connectivity index (χ1v) is 9.87. The molecule has 1 aliphatic carbocycles. The first kappa shape index (κ1) is 14.8. The number of hydrogen-bond acceptors (Lipinski definition) is 5. The fourth-order valence-electron chi connectivity index (χ4n) is 3.91. The fraction of sp³-hybridized carbons (Fsp3) is 1.00. The molecule has 0 aromatic rings. The second kappa shape index (κ2) is 5.91. The lowest BCUT2D eigenvalue weighted by Crippen LogP contribution is -2.65. The van der Waals surface area contributed by atoms with Crippen LogP contribution >= 0.6 is 0 Å². The first-order chi connectivity index (χ1) is 9.54. The SMILES string of the molecule is CS(=O)(=O)C1CCCC(N2CC(N3CCNCC3)C2)C1. The van der Waals surface area contributed by atoms with Crippen molar-refractivity contribution >= 4 is 9.84 Å². The molecule has 0 aromatic heterocycles. The highest BCUT2D eigenvalue weighted by molar-refractivity contribution is 7.91. The van der Waals surface area contributed by atoms with Gasteiger partial charge in [0.1, 0.15) is 9.84 Å². The van der Waals surface area contributed by atoms with Crippen LogP contribution < -0.4 is 5.32 Å². The fourth-order valence-corrected chi connectivity index (χ4v) is 5.07. The number of hydrogen-bond donors (Lipinski definition) is 1. The van der Waals surface area contributed by atoms with Crippen LogP contribution in [0.3, 0.4) is 0 Å². The third-order valence-electron chi connectivity index (χ3n) is 5.28. The van der Waals surface area contributed by atoms with Crippen molar-refractivity contribution in [3.8, 4) is 0 Å². The molecule has 1 saturated carbocycles. The molecule has 1 N–H and O–H groups in total. The molecule has 3 aliphatic rings. The number of nitrogens with zero attached hydrogens (tertiary/aromatic N) is 2. The van der Waals surface area contributed by atoms with Gasteiger partial charge in [-0.05, 0) is 19.3 Å². The molecule has 0 spiro atoms. The molecule has 20 heavy (non-hydrogen) atoms. The van der Waals surface area contributed by atoms with Crippen molar-refractivity contribution in [1.82, 2.24) is 15.1 Å². The first-order valence-electron chi connectivity index (χ1n) is 7.92. The van der Waals surface area contributed by atoms with E-state index in [0.29, 0.717) is 12.1 Å². The molecule has 2 aliphatic heterocycles. The van der Waals surface area contributed by atoms with E-state index in [1.807, 2.05) is 0 Å². The molecular formula is C14H27N3O2S. The van der Waals surface area contributed by atoms with Crippen molar-refractivity contribution in [2.75, 3.05) is 45.5 Å². The molecule has 0 bridgehead atoms. The van der Waals surface area contributed by atoms with E-state index in [2.05, 4.69) is 15.1 Å². The van der Waals surface area contributed by atoms with Gasteiger partial charge in [0, 0.05) is 57.6 Å². The van der Waals surface area contributed by atoms with Gasteiger partial charge < -0.3 is 5.32 Å². The number of nitrogens with one attached hydrogen (secondary N) is 1. The maximum atomic E-state index is 11.7. The van der Waals surface area contributed by atoms with E-state index < -0.39 is 9.84 Å². The molecule has 2 heterocycles. The lowest BCUT2D eigenvalue weighted by atomic mass is 9.90. The number of piperazine rings is 1. The van der Waals surface area contributed by atoms with Crippen molar-refractivity contribution in [3.63, 3.8) is 0 Å². The molecular weight excluding hydrogens is 274 g/mol. The van der Waals surface area contributed by atoms with Crippen molar-refractivity contribution < 1.29 is 8.42 Å². The van der Waals surface area contributed by atoms with E-state index in [0.717, 1.165) is 58.5 Å². The second-order valence-electron chi connectivity index (χ2n) is 6.67. The Kier molecular flexibility index (Phi) is 4.36. The molecule has 0 amide bonds. The maximum absolute atomic E-state index is 11.7. The minimum absolute atomic E-state index is 0.0977. The molecule has 5 nitrogen and oxygen atoms in total. The molecule has 2 saturated heterocycles. The summed E-state index contributed by atoms with van der Waals surface area (Å²) in [6.45, 7) is 6.82. The Hall–Kier alpha value is -0.170. The van der Waals surface area contributed by atoms with Crippen LogP contribution in [-0.4, -0.2) is 81.1 Å². The van der Waals surface area contributed by atoms with Gasteiger partial charge in [-0.2, -0.15) is 0 Å². The average Bonchev–Trinajstić information content (AvgIpc) is 2.38. The summed E-state index contributed by atoms with van der Waals surface area (Å²) in [5.41, 5.74) is 0. The van der Waals surface area contributed by atoms with Crippen molar-refractivity contribution in [2.24, 2.45) is 0 Å². The molecule has 2 unspecified atom stereocenters. The highest BCUT2D eigenvalue weighted by Crippen LogP contribution is 2.30. The predicted octanol–water partition coefficient (Wildman–Crippen LogP) is -0.0684. The van der Waals surface area contributed by atoms with Crippen molar-refractivity contribution in [2.45, 2.75) is 43.0 Å². The summed E-state index contributed by atoms with van der Waals surface area (Å²) in [4.78, 5) is 5.11. The van der Waals surface area contributed by atoms with Crippen LogP contribution in [0.15, 0.2) is 0 Å². The van der Waals surface area contributed by atoms with Crippen molar-refractivity contribution in [1.29, 1.82) is 0 Å². The van der Waals surface area contributed by atoms with Crippen LogP contribution in [0.5, 0.6) is 0 Å². The predicted molar refractivity (Wildman–Crippen MR) is 80.7 cm³/mol. The van der Waals surface area contributed by atoms with E-state index in [1.54, 1.807) is 0 Å². The number of rotatable bonds is 3. The quantitative estimate of drug-likeness (QED) is 0.791. The van der Waals surface area contributed by atoms with Crippen LogP contribution in [0.1, 0.15) is 25.7 Å². The zero-order chi connectivity index (χ0) is 14.2.